The number of para-hydroxylation sites is 1. The van der Waals surface area contributed by atoms with Crippen molar-refractivity contribution in [2.75, 3.05) is 20.8 Å². The first kappa shape index (κ1) is 19.2. The highest BCUT2D eigenvalue weighted by Crippen LogP contribution is 2.24. The molecule has 0 aliphatic carbocycles. The topological polar surface area (TPSA) is 99.8 Å². The average Bonchev–Trinajstić information content (AvgIpc) is 2.68. The van der Waals surface area contributed by atoms with E-state index in [0.29, 0.717) is 22.6 Å². The van der Waals surface area contributed by atoms with Gasteiger partial charge in [-0.15, -0.1) is 0 Å². The highest BCUT2D eigenvalue weighted by Gasteiger charge is 2.15. The van der Waals surface area contributed by atoms with Crippen LogP contribution in [0, 0.1) is 6.92 Å². The number of nitrogens with zero attached hydrogens (tertiary/aromatic N) is 1. The molecule has 28 heavy (non-hydrogen) atoms. The fourth-order valence-corrected chi connectivity index (χ4v) is 2.92. The van der Waals surface area contributed by atoms with Gasteiger partial charge in [-0.1, -0.05) is 12.1 Å². The van der Waals surface area contributed by atoms with Gasteiger partial charge in [-0.05, 0) is 25.1 Å². The highest BCUT2D eigenvalue weighted by molar-refractivity contribution is 5.97. The quantitative estimate of drug-likeness (QED) is 0.650. The van der Waals surface area contributed by atoms with Crippen molar-refractivity contribution in [3.63, 3.8) is 0 Å². The van der Waals surface area contributed by atoms with Gasteiger partial charge < -0.3 is 23.8 Å². The van der Waals surface area contributed by atoms with Crippen molar-refractivity contribution in [3.8, 4) is 11.5 Å². The molecule has 146 valence electrons. The molecule has 0 saturated carbocycles. The van der Waals surface area contributed by atoms with Crippen LogP contribution in [0.4, 0.5) is 0 Å². The zero-order chi connectivity index (χ0) is 20.3. The van der Waals surface area contributed by atoms with E-state index in [2.05, 4.69) is 5.32 Å². The number of pyridine rings is 1. The third kappa shape index (κ3) is 3.75. The predicted molar refractivity (Wildman–Crippen MR) is 103 cm³/mol. The number of amides is 1. The van der Waals surface area contributed by atoms with Gasteiger partial charge in [0.2, 0.25) is 0 Å². The number of carbonyl (C=O) groups excluding carboxylic acids is 1. The highest BCUT2D eigenvalue weighted by atomic mass is 16.5. The molecule has 2 aromatic heterocycles. The summed E-state index contributed by atoms with van der Waals surface area (Å²) in [5, 5.41) is 3.22. The van der Waals surface area contributed by atoms with Gasteiger partial charge in [0.1, 0.15) is 11.3 Å². The molecule has 0 saturated heterocycles. The molecule has 1 aromatic carbocycles. The smallest absolute Gasteiger partial charge is 0.349 e. The first-order valence-corrected chi connectivity index (χ1v) is 8.59. The molecule has 0 aliphatic heterocycles. The molecule has 0 unspecified atom stereocenters. The second-order valence-corrected chi connectivity index (χ2v) is 6.11. The van der Waals surface area contributed by atoms with E-state index in [1.54, 1.807) is 31.2 Å². The lowest BCUT2D eigenvalue weighted by molar-refractivity contribution is 0.0948. The summed E-state index contributed by atoms with van der Waals surface area (Å²) in [7, 11) is 2.96. The molecule has 0 atom stereocenters. The Morgan fingerprint density at radius 2 is 1.93 bits per heavy atom. The number of carbonyl (C=O) groups is 1. The Hall–Kier alpha value is -3.55. The molecule has 1 amide bonds. The van der Waals surface area contributed by atoms with Crippen molar-refractivity contribution in [1.29, 1.82) is 0 Å². The van der Waals surface area contributed by atoms with Gasteiger partial charge in [0.25, 0.3) is 11.5 Å². The molecule has 8 nitrogen and oxygen atoms in total. The average molecular weight is 384 g/mol. The van der Waals surface area contributed by atoms with Crippen LogP contribution in [-0.2, 0) is 6.54 Å². The number of methoxy groups -OCH3 is 2. The minimum Gasteiger partial charge on any atom is -0.496 e. The number of fused-ring (bicyclic) bond motifs is 1. The van der Waals surface area contributed by atoms with E-state index in [4.69, 9.17) is 13.9 Å². The van der Waals surface area contributed by atoms with Crippen LogP contribution >= 0.6 is 0 Å². The van der Waals surface area contributed by atoms with Crippen molar-refractivity contribution in [2.24, 2.45) is 0 Å². The minimum atomic E-state index is -0.757. The molecule has 8 heteroatoms. The number of benzene rings is 1. The molecule has 2 heterocycles. The van der Waals surface area contributed by atoms with Crippen LogP contribution in [0.15, 0.2) is 50.4 Å². The SMILES string of the molecule is COc1cc(C)n(CCNC(=O)c2cc3cccc(OC)c3oc2=O)c(=O)c1. The van der Waals surface area contributed by atoms with Crippen LogP contribution < -0.4 is 26.0 Å². The third-order valence-corrected chi connectivity index (χ3v) is 4.35. The van der Waals surface area contributed by atoms with Crippen molar-refractivity contribution in [3.05, 3.63) is 68.4 Å². The summed E-state index contributed by atoms with van der Waals surface area (Å²) in [5.74, 6) is 0.320. The normalized spacial score (nSPS) is 10.7. The minimum absolute atomic E-state index is 0.112. The Labute approximate surface area is 160 Å². The van der Waals surface area contributed by atoms with E-state index < -0.39 is 11.5 Å². The standard InChI is InChI=1S/C20H20N2O6/c1-12-9-14(26-2)11-17(23)22(12)8-7-21-19(24)15-10-13-5-4-6-16(27-3)18(13)28-20(15)25/h4-6,9-11H,7-8H2,1-3H3,(H,21,24). The molecular formula is C20H20N2O6. The van der Waals surface area contributed by atoms with Crippen LogP contribution in [0.5, 0.6) is 11.5 Å². The fourth-order valence-electron chi connectivity index (χ4n) is 2.92. The van der Waals surface area contributed by atoms with Crippen molar-refractivity contribution >= 4 is 16.9 Å². The number of aromatic nitrogens is 1. The fraction of sp³-hybridized carbons (Fsp3) is 0.250. The summed E-state index contributed by atoms with van der Waals surface area (Å²) in [6, 6.07) is 9.69. The molecule has 0 fully saturated rings. The summed E-state index contributed by atoms with van der Waals surface area (Å²) in [5.41, 5.74) is -0.113. The first-order valence-electron chi connectivity index (χ1n) is 8.59. The van der Waals surface area contributed by atoms with Crippen molar-refractivity contribution in [1.82, 2.24) is 9.88 Å². The van der Waals surface area contributed by atoms with Gasteiger partial charge in [0.15, 0.2) is 11.3 Å². The summed E-state index contributed by atoms with van der Waals surface area (Å²) in [6.07, 6.45) is 0. The maximum absolute atomic E-state index is 12.4. The molecule has 0 spiro atoms. The summed E-state index contributed by atoms with van der Waals surface area (Å²) in [6.45, 7) is 2.20. The summed E-state index contributed by atoms with van der Waals surface area (Å²) >= 11 is 0. The third-order valence-electron chi connectivity index (χ3n) is 4.35. The molecule has 3 aromatic rings. The van der Waals surface area contributed by atoms with Gasteiger partial charge in [-0.25, -0.2) is 4.79 Å². The first-order chi connectivity index (χ1) is 13.4. The predicted octanol–water partition coefficient (Wildman–Crippen LogP) is 1.71. The van der Waals surface area contributed by atoms with E-state index in [-0.39, 0.29) is 29.8 Å². The second-order valence-electron chi connectivity index (χ2n) is 6.11. The van der Waals surface area contributed by atoms with Crippen LogP contribution in [0.25, 0.3) is 11.0 Å². The van der Waals surface area contributed by atoms with Gasteiger partial charge >= 0.3 is 5.63 Å². The van der Waals surface area contributed by atoms with Gasteiger partial charge in [0, 0.05) is 30.2 Å². The molecular weight excluding hydrogens is 364 g/mol. The Bertz CT molecular complexity index is 1150. The molecule has 1 N–H and O–H groups in total. The van der Waals surface area contributed by atoms with Gasteiger partial charge in [-0.3, -0.25) is 9.59 Å². The van der Waals surface area contributed by atoms with Crippen LogP contribution in [0.3, 0.4) is 0 Å². The lowest BCUT2D eigenvalue weighted by Gasteiger charge is -2.12. The van der Waals surface area contributed by atoms with Gasteiger partial charge in [0.05, 0.1) is 14.2 Å². The van der Waals surface area contributed by atoms with E-state index in [1.165, 1.54) is 30.9 Å². The zero-order valence-corrected chi connectivity index (χ0v) is 15.8. The van der Waals surface area contributed by atoms with Crippen LogP contribution in [-0.4, -0.2) is 31.2 Å². The largest absolute Gasteiger partial charge is 0.496 e. The van der Waals surface area contributed by atoms with Crippen LogP contribution in [0.2, 0.25) is 0 Å². The Balaban J connectivity index is 1.76. The number of rotatable bonds is 6. The maximum Gasteiger partial charge on any atom is 0.349 e. The molecule has 0 radical (unpaired) electrons. The Kier molecular flexibility index (Phi) is 5.49. The Morgan fingerprint density at radius 1 is 1.14 bits per heavy atom. The summed E-state index contributed by atoms with van der Waals surface area (Å²) in [4.78, 5) is 36.7. The monoisotopic (exact) mass is 384 g/mol. The Morgan fingerprint density at radius 3 is 2.61 bits per heavy atom. The van der Waals surface area contributed by atoms with Gasteiger partial charge in [-0.2, -0.15) is 0 Å². The summed E-state index contributed by atoms with van der Waals surface area (Å²) < 4.78 is 17.0. The van der Waals surface area contributed by atoms with Crippen molar-refractivity contribution < 1.29 is 18.7 Å². The second kappa shape index (κ2) is 7.99. The number of nitrogens with one attached hydrogen (secondary N) is 1. The molecule has 3 rings (SSSR count). The molecule has 0 bridgehead atoms. The van der Waals surface area contributed by atoms with Crippen molar-refractivity contribution in [2.45, 2.75) is 13.5 Å². The lowest BCUT2D eigenvalue weighted by atomic mass is 10.1. The maximum atomic E-state index is 12.4. The number of ether oxygens (including phenoxy) is 2. The van der Waals surface area contributed by atoms with E-state index in [9.17, 15) is 14.4 Å². The van der Waals surface area contributed by atoms with E-state index in [1.807, 2.05) is 0 Å². The molecule has 0 aliphatic rings. The number of hydrogen-bond donors (Lipinski definition) is 1. The van der Waals surface area contributed by atoms with E-state index in [0.717, 1.165) is 0 Å². The van der Waals surface area contributed by atoms with Crippen LogP contribution in [0.1, 0.15) is 16.1 Å². The zero-order valence-electron chi connectivity index (χ0n) is 15.8. The number of hydrogen-bond acceptors (Lipinski definition) is 6. The number of aryl methyl sites for hydroxylation is 1. The lowest BCUT2D eigenvalue weighted by Crippen LogP contribution is -2.33. The van der Waals surface area contributed by atoms with E-state index >= 15 is 0 Å².